The van der Waals surface area contributed by atoms with Crippen LogP contribution in [0.3, 0.4) is 0 Å². The van der Waals surface area contributed by atoms with Crippen molar-refractivity contribution in [3.63, 3.8) is 0 Å². The van der Waals surface area contributed by atoms with E-state index in [2.05, 4.69) is 24.3 Å². The zero-order valence-electron chi connectivity index (χ0n) is 13.6. The molecule has 1 atom stereocenters. The first-order valence-corrected chi connectivity index (χ1v) is 7.64. The van der Waals surface area contributed by atoms with Gasteiger partial charge in [0.2, 0.25) is 5.88 Å². The van der Waals surface area contributed by atoms with Gasteiger partial charge in [-0.2, -0.15) is 0 Å². The van der Waals surface area contributed by atoms with Gasteiger partial charge in [0.05, 0.1) is 12.8 Å². The average Bonchev–Trinajstić information content (AvgIpc) is 2.99. The van der Waals surface area contributed by atoms with Crippen molar-refractivity contribution in [2.24, 2.45) is 5.92 Å². The maximum absolute atomic E-state index is 13.9. The van der Waals surface area contributed by atoms with Gasteiger partial charge in [-0.15, -0.1) is 0 Å². The van der Waals surface area contributed by atoms with Crippen LogP contribution in [0.15, 0.2) is 28.8 Å². The van der Waals surface area contributed by atoms with Gasteiger partial charge in [-0.3, -0.25) is 10.1 Å². The predicted octanol–water partition coefficient (Wildman–Crippen LogP) is 4.05. The lowest BCUT2D eigenvalue weighted by molar-refractivity contribution is 0.101. The van der Waals surface area contributed by atoms with Gasteiger partial charge in [-0.05, 0) is 30.9 Å². The van der Waals surface area contributed by atoms with Crippen molar-refractivity contribution < 1.29 is 18.4 Å². The summed E-state index contributed by atoms with van der Waals surface area (Å²) in [6, 6.07) is 5.87. The van der Waals surface area contributed by atoms with Crippen molar-refractivity contribution in [2.45, 2.75) is 33.1 Å². The Bertz CT molecular complexity index is 670. The van der Waals surface area contributed by atoms with Crippen LogP contribution >= 0.6 is 0 Å². The SMILES string of the molecule is CCC(C)CCc1cc(NC(=O)c2c(F)cccc2OC)on1. The molecule has 1 N–H and O–H groups in total. The van der Waals surface area contributed by atoms with Crippen LogP contribution in [0, 0.1) is 11.7 Å². The Morgan fingerprint density at radius 2 is 2.26 bits per heavy atom. The van der Waals surface area contributed by atoms with Gasteiger partial charge in [0.25, 0.3) is 5.91 Å². The first kappa shape index (κ1) is 17.0. The lowest BCUT2D eigenvalue weighted by Crippen LogP contribution is -2.14. The minimum Gasteiger partial charge on any atom is -0.496 e. The van der Waals surface area contributed by atoms with E-state index in [1.807, 2.05) is 0 Å². The highest BCUT2D eigenvalue weighted by molar-refractivity contribution is 6.05. The minimum atomic E-state index is -0.654. The number of hydrogen-bond donors (Lipinski definition) is 1. The zero-order valence-corrected chi connectivity index (χ0v) is 13.6. The number of hydrogen-bond acceptors (Lipinski definition) is 4. The summed E-state index contributed by atoms with van der Waals surface area (Å²) in [6.07, 6.45) is 2.88. The number of carbonyl (C=O) groups is 1. The number of nitrogens with one attached hydrogen (secondary N) is 1. The third-order valence-electron chi connectivity index (χ3n) is 3.81. The van der Waals surface area contributed by atoms with Gasteiger partial charge in [0.1, 0.15) is 17.1 Å². The summed E-state index contributed by atoms with van der Waals surface area (Å²) in [5.41, 5.74) is 0.605. The van der Waals surface area contributed by atoms with Gasteiger partial charge in [-0.1, -0.05) is 31.5 Å². The normalized spacial score (nSPS) is 12.0. The standard InChI is InChI=1S/C17H21FN2O3/c1-4-11(2)8-9-12-10-15(23-20-12)19-17(21)16-13(18)6-5-7-14(16)22-3/h5-7,10-11H,4,8-9H2,1-3H3,(H,19,21). The van der Waals surface area contributed by atoms with Crippen LogP contribution in [0.25, 0.3) is 0 Å². The molecule has 0 radical (unpaired) electrons. The van der Waals surface area contributed by atoms with E-state index in [0.717, 1.165) is 25.0 Å². The van der Waals surface area contributed by atoms with E-state index >= 15 is 0 Å². The largest absolute Gasteiger partial charge is 0.496 e. The first-order valence-electron chi connectivity index (χ1n) is 7.64. The van der Waals surface area contributed by atoms with Crippen molar-refractivity contribution in [1.82, 2.24) is 5.16 Å². The van der Waals surface area contributed by atoms with Crippen LogP contribution in [-0.2, 0) is 6.42 Å². The highest BCUT2D eigenvalue weighted by Gasteiger charge is 2.19. The van der Waals surface area contributed by atoms with Crippen LogP contribution in [0.4, 0.5) is 10.3 Å². The summed E-state index contributed by atoms with van der Waals surface area (Å²) in [5.74, 6) is -0.325. The topological polar surface area (TPSA) is 64.4 Å². The molecule has 0 aliphatic heterocycles. The van der Waals surface area contributed by atoms with Crippen LogP contribution < -0.4 is 10.1 Å². The smallest absolute Gasteiger partial charge is 0.264 e. The summed E-state index contributed by atoms with van der Waals surface area (Å²) >= 11 is 0. The molecule has 2 rings (SSSR count). The molecule has 0 aliphatic rings. The lowest BCUT2D eigenvalue weighted by atomic mass is 10.0. The van der Waals surface area contributed by atoms with Crippen LogP contribution in [0.1, 0.15) is 42.7 Å². The van der Waals surface area contributed by atoms with Gasteiger partial charge in [0, 0.05) is 6.07 Å². The summed E-state index contributed by atoms with van der Waals surface area (Å²) < 4.78 is 24.0. The first-order chi connectivity index (χ1) is 11.0. The molecule has 0 saturated heterocycles. The summed E-state index contributed by atoms with van der Waals surface area (Å²) in [4.78, 5) is 12.2. The van der Waals surface area contributed by atoms with Crippen LogP contribution in [0.5, 0.6) is 5.75 Å². The molecule has 2 aromatic rings. The number of nitrogens with zero attached hydrogens (tertiary/aromatic N) is 1. The second-order valence-electron chi connectivity index (χ2n) is 5.51. The molecule has 1 heterocycles. The molecule has 1 aromatic heterocycles. The molecule has 0 spiro atoms. The predicted molar refractivity (Wildman–Crippen MR) is 85.2 cm³/mol. The van der Waals surface area contributed by atoms with Crippen molar-refractivity contribution >= 4 is 11.8 Å². The number of benzene rings is 1. The van der Waals surface area contributed by atoms with Crippen LogP contribution in [-0.4, -0.2) is 18.2 Å². The quantitative estimate of drug-likeness (QED) is 0.836. The Morgan fingerprint density at radius 3 is 2.96 bits per heavy atom. The summed E-state index contributed by atoms with van der Waals surface area (Å²) in [7, 11) is 1.38. The molecule has 0 fully saturated rings. The van der Waals surface area contributed by atoms with Gasteiger partial charge in [-0.25, -0.2) is 4.39 Å². The highest BCUT2D eigenvalue weighted by atomic mass is 19.1. The highest BCUT2D eigenvalue weighted by Crippen LogP contribution is 2.23. The fourth-order valence-corrected chi connectivity index (χ4v) is 2.16. The Balaban J connectivity index is 2.05. The number of amides is 1. The van der Waals surface area contributed by atoms with E-state index in [1.165, 1.54) is 25.3 Å². The summed E-state index contributed by atoms with van der Waals surface area (Å²) in [6.45, 7) is 4.31. The van der Waals surface area contributed by atoms with Crippen molar-refractivity contribution in [2.75, 3.05) is 12.4 Å². The van der Waals surface area contributed by atoms with Crippen molar-refractivity contribution in [1.29, 1.82) is 0 Å². The fourth-order valence-electron chi connectivity index (χ4n) is 2.16. The molecule has 6 heteroatoms. The number of halogens is 1. The molecule has 1 amide bonds. The molecule has 23 heavy (non-hydrogen) atoms. The van der Waals surface area contributed by atoms with Gasteiger partial charge in [0.15, 0.2) is 0 Å². The molecule has 1 aromatic carbocycles. The van der Waals surface area contributed by atoms with Crippen molar-refractivity contribution in [3.8, 4) is 5.75 Å². The van der Waals surface area contributed by atoms with E-state index in [1.54, 1.807) is 6.07 Å². The maximum Gasteiger partial charge on any atom is 0.264 e. The van der Waals surface area contributed by atoms with E-state index in [9.17, 15) is 9.18 Å². The Labute approximate surface area is 134 Å². The molecular formula is C17H21FN2O3. The second-order valence-corrected chi connectivity index (χ2v) is 5.51. The second kappa shape index (κ2) is 7.76. The van der Waals surface area contributed by atoms with Gasteiger partial charge < -0.3 is 9.26 Å². The zero-order chi connectivity index (χ0) is 16.8. The van der Waals surface area contributed by atoms with E-state index in [4.69, 9.17) is 9.26 Å². The number of anilines is 1. The monoisotopic (exact) mass is 320 g/mol. The molecule has 124 valence electrons. The Kier molecular flexibility index (Phi) is 5.73. The molecule has 0 bridgehead atoms. The third kappa shape index (κ3) is 4.31. The van der Waals surface area contributed by atoms with Crippen LogP contribution in [0.2, 0.25) is 0 Å². The number of carbonyl (C=O) groups excluding carboxylic acids is 1. The third-order valence-corrected chi connectivity index (χ3v) is 3.81. The fraction of sp³-hybridized carbons (Fsp3) is 0.412. The van der Waals surface area contributed by atoms with Crippen molar-refractivity contribution in [3.05, 3.63) is 41.3 Å². The van der Waals surface area contributed by atoms with E-state index in [-0.39, 0.29) is 17.2 Å². The maximum atomic E-state index is 13.9. The number of aryl methyl sites for hydroxylation is 1. The molecular weight excluding hydrogens is 299 g/mol. The molecule has 0 aliphatic carbocycles. The molecule has 0 saturated carbocycles. The van der Waals surface area contributed by atoms with E-state index in [0.29, 0.717) is 5.92 Å². The molecule has 5 nitrogen and oxygen atoms in total. The number of ether oxygens (including phenoxy) is 1. The summed E-state index contributed by atoms with van der Waals surface area (Å²) in [5, 5.41) is 6.43. The van der Waals surface area contributed by atoms with Gasteiger partial charge >= 0.3 is 0 Å². The lowest BCUT2D eigenvalue weighted by Gasteiger charge is -2.08. The minimum absolute atomic E-state index is 0.160. The average molecular weight is 320 g/mol. The Morgan fingerprint density at radius 1 is 1.48 bits per heavy atom. The number of aromatic nitrogens is 1. The number of rotatable bonds is 7. The Hall–Kier alpha value is -2.37. The molecule has 1 unspecified atom stereocenters. The van der Waals surface area contributed by atoms with E-state index < -0.39 is 11.7 Å². The number of methoxy groups -OCH3 is 1.